The molecule has 0 bridgehead atoms. The first-order chi connectivity index (χ1) is 14.0. The molecule has 2 aliphatic heterocycles. The Morgan fingerprint density at radius 1 is 1.17 bits per heavy atom. The molecular weight excluding hydrogens is 372 g/mol. The van der Waals surface area contributed by atoms with Crippen molar-refractivity contribution >= 4 is 12.0 Å². The zero-order valence-electron chi connectivity index (χ0n) is 17.4. The second kappa shape index (κ2) is 9.76. The van der Waals surface area contributed by atoms with Crippen molar-refractivity contribution in [3.8, 4) is 5.75 Å². The van der Waals surface area contributed by atoms with Crippen molar-refractivity contribution < 1.29 is 19.1 Å². The predicted molar refractivity (Wildman–Crippen MR) is 110 cm³/mol. The minimum Gasteiger partial charge on any atom is -0.494 e. The largest absolute Gasteiger partial charge is 0.494 e. The number of rotatable bonds is 6. The highest BCUT2D eigenvalue weighted by Crippen LogP contribution is 2.29. The number of carbonyl (C=O) groups excluding carboxylic acids is 2. The highest BCUT2D eigenvalue weighted by molar-refractivity contribution is 5.95. The first-order valence-electron chi connectivity index (χ1n) is 10.0. The van der Waals surface area contributed by atoms with Gasteiger partial charge in [0.2, 0.25) is 0 Å². The van der Waals surface area contributed by atoms with Crippen molar-refractivity contribution in [2.45, 2.75) is 19.4 Å². The van der Waals surface area contributed by atoms with E-state index < -0.39 is 12.0 Å². The van der Waals surface area contributed by atoms with Crippen LogP contribution < -0.4 is 15.4 Å². The zero-order valence-corrected chi connectivity index (χ0v) is 17.4. The minimum atomic E-state index is -0.573. The summed E-state index contributed by atoms with van der Waals surface area (Å²) in [6.07, 6.45) is 1.05. The van der Waals surface area contributed by atoms with Crippen LogP contribution in [0.3, 0.4) is 0 Å². The molecule has 1 unspecified atom stereocenters. The summed E-state index contributed by atoms with van der Waals surface area (Å²) in [5.41, 5.74) is 1.84. The van der Waals surface area contributed by atoms with Crippen molar-refractivity contribution in [1.29, 1.82) is 0 Å². The molecule has 8 heteroatoms. The van der Waals surface area contributed by atoms with Crippen LogP contribution in [0.15, 0.2) is 35.5 Å². The number of likely N-dealkylation sites (N-methyl/N-ethyl adjacent to an activating group) is 1. The Morgan fingerprint density at radius 2 is 1.93 bits per heavy atom. The van der Waals surface area contributed by atoms with Gasteiger partial charge in [0.25, 0.3) is 0 Å². The lowest BCUT2D eigenvalue weighted by atomic mass is 9.95. The average Bonchev–Trinajstić information content (AvgIpc) is 2.92. The standard InChI is InChI=1S/C21H30N4O4/c1-4-29-16-8-6-15(7-9-16)19-18(20(26)28-3)17(22-21(27)23-19)14-25-11-5-10-24(2)12-13-25/h6-9,19H,4-5,10-14H2,1-3H3,(H2,22,23,27). The summed E-state index contributed by atoms with van der Waals surface area (Å²) in [6, 6.07) is 6.51. The van der Waals surface area contributed by atoms with E-state index in [-0.39, 0.29) is 6.03 Å². The number of methoxy groups -OCH3 is 1. The van der Waals surface area contributed by atoms with E-state index in [4.69, 9.17) is 9.47 Å². The monoisotopic (exact) mass is 402 g/mol. The quantitative estimate of drug-likeness (QED) is 0.702. The third-order valence-electron chi connectivity index (χ3n) is 5.28. The van der Waals surface area contributed by atoms with Gasteiger partial charge in [0.15, 0.2) is 0 Å². The molecule has 8 nitrogen and oxygen atoms in total. The smallest absolute Gasteiger partial charge is 0.338 e. The first kappa shape index (κ1) is 21.1. The molecule has 1 aromatic carbocycles. The van der Waals surface area contributed by atoms with Crippen molar-refractivity contribution in [2.75, 3.05) is 53.5 Å². The van der Waals surface area contributed by atoms with Gasteiger partial charge in [-0.15, -0.1) is 0 Å². The van der Waals surface area contributed by atoms with E-state index in [2.05, 4.69) is 27.5 Å². The van der Waals surface area contributed by atoms with Gasteiger partial charge in [0.1, 0.15) is 5.75 Å². The van der Waals surface area contributed by atoms with Gasteiger partial charge < -0.3 is 25.0 Å². The number of urea groups is 1. The Hall–Kier alpha value is -2.58. The lowest BCUT2D eigenvalue weighted by Gasteiger charge is -2.31. The number of hydrogen-bond donors (Lipinski definition) is 2. The summed E-state index contributed by atoms with van der Waals surface area (Å²) >= 11 is 0. The van der Waals surface area contributed by atoms with Crippen molar-refractivity contribution in [3.63, 3.8) is 0 Å². The van der Waals surface area contributed by atoms with E-state index in [0.717, 1.165) is 43.9 Å². The third-order valence-corrected chi connectivity index (χ3v) is 5.28. The van der Waals surface area contributed by atoms with E-state index in [1.807, 2.05) is 31.2 Å². The molecule has 2 aliphatic rings. The second-order valence-electron chi connectivity index (χ2n) is 7.35. The number of benzene rings is 1. The summed E-state index contributed by atoms with van der Waals surface area (Å²) in [4.78, 5) is 29.6. The first-order valence-corrected chi connectivity index (χ1v) is 10.0. The Labute approximate surface area is 171 Å². The normalized spacial score (nSPS) is 21.2. The van der Waals surface area contributed by atoms with E-state index in [9.17, 15) is 9.59 Å². The molecule has 1 fully saturated rings. The number of hydrogen-bond acceptors (Lipinski definition) is 6. The van der Waals surface area contributed by atoms with Crippen molar-refractivity contribution in [1.82, 2.24) is 20.4 Å². The van der Waals surface area contributed by atoms with Gasteiger partial charge in [0, 0.05) is 25.3 Å². The van der Waals surface area contributed by atoms with Crippen LogP contribution in [0.2, 0.25) is 0 Å². The fraction of sp³-hybridized carbons (Fsp3) is 0.524. The van der Waals surface area contributed by atoms with Crippen LogP contribution >= 0.6 is 0 Å². The van der Waals surface area contributed by atoms with E-state index in [1.54, 1.807) is 0 Å². The number of amides is 2. The molecular formula is C21H30N4O4. The molecule has 2 heterocycles. The maximum atomic E-state index is 12.7. The number of nitrogens with zero attached hydrogens (tertiary/aromatic N) is 2. The van der Waals surface area contributed by atoms with E-state index in [0.29, 0.717) is 24.4 Å². The Bertz CT molecular complexity index is 762. The van der Waals surface area contributed by atoms with Gasteiger partial charge >= 0.3 is 12.0 Å². The van der Waals surface area contributed by atoms with Crippen LogP contribution in [0, 0.1) is 0 Å². The molecule has 0 radical (unpaired) electrons. The molecule has 0 aromatic heterocycles. The van der Waals surface area contributed by atoms with Gasteiger partial charge in [-0.3, -0.25) is 4.90 Å². The number of carbonyl (C=O) groups is 2. The average molecular weight is 402 g/mol. The van der Waals surface area contributed by atoms with Crippen molar-refractivity contribution in [3.05, 3.63) is 41.1 Å². The molecule has 1 aromatic rings. The van der Waals surface area contributed by atoms with Gasteiger partial charge in [-0.1, -0.05) is 12.1 Å². The van der Waals surface area contributed by atoms with Crippen LogP contribution in [0.1, 0.15) is 24.9 Å². The number of nitrogens with one attached hydrogen (secondary N) is 2. The fourth-order valence-electron chi connectivity index (χ4n) is 3.75. The topological polar surface area (TPSA) is 83.1 Å². The maximum absolute atomic E-state index is 12.7. The molecule has 0 aliphatic carbocycles. The van der Waals surface area contributed by atoms with Crippen LogP contribution in [0.4, 0.5) is 4.79 Å². The van der Waals surface area contributed by atoms with E-state index >= 15 is 0 Å². The Kier molecular flexibility index (Phi) is 7.11. The van der Waals surface area contributed by atoms with Crippen LogP contribution in [0.25, 0.3) is 0 Å². The molecule has 0 saturated carbocycles. The van der Waals surface area contributed by atoms with Crippen LogP contribution in [-0.2, 0) is 9.53 Å². The Morgan fingerprint density at radius 3 is 2.62 bits per heavy atom. The molecule has 29 heavy (non-hydrogen) atoms. The number of esters is 1. The summed E-state index contributed by atoms with van der Waals surface area (Å²) in [5.74, 6) is 0.298. The SMILES string of the molecule is CCOc1ccc(C2NC(=O)NC(CN3CCCN(C)CC3)=C2C(=O)OC)cc1. The predicted octanol–water partition coefficient (Wildman–Crippen LogP) is 1.50. The minimum absolute atomic E-state index is 0.321. The van der Waals surface area contributed by atoms with Crippen LogP contribution in [0.5, 0.6) is 5.75 Å². The molecule has 2 amide bonds. The molecule has 1 saturated heterocycles. The lowest BCUT2D eigenvalue weighted by Crippen LogP contribution is -2.48. The molecule has 0 spiro atoms. The molecule has 1 atom stereocenters. The second-order valence-corrected chi connectivity index (χ2v) is 7.35. The van der Waals surface area contributed by atoms with Crippen molar-refractivity contribution in [2.24, 2.45) is 0 Å². The zero-order chi connectivity index (χ0) is 20.8. The van der Waals surface area contributed by atoms with Gasteiger partial charge in [-0.25, -0.2) is 9.59 Å². The summed E-state index contributed by atoms with van der Waals surface area (Å²) < 4.78 is 10.6. The molecule has 158 valence electrons. The summed E-state index contributed by atoms with van der Waals surface area (Å²) in [5, 5.41) is 5.70. The van der Waals surface area contributed by atoms with Crippen LogP contribution in [-0.4, -0.2) is 75.3 Å². The van der Waals surface area contributed by atoms with E-state index in [1.165, 1.54) is 7.11 Å². The lowest BCUT2D eigenvalue weighted by molar-refractivity contribution is -0.136. The molecule has 2 N–H and O–H groups in total. The van der Waals surface area contributed by atoms with Gasteiger partial charge in [-0.2, -0.15) is 0 Å². The highest BCUT2D eigenvalue weighted by atomic mass is 16.5. The fourth-order valence-corrected chi connectivity index (χ4v) is 3.75. The number of ether oxygens (including phenoxy) is 2. The van der Waals surface area contributed by atoms with Gasteiger partial charge in [-0.05, 0) is 51.2 Å². The summed E-state index contributed by atoms with van der Waals surface area (Å²) in [6.45, 7) is 6.79. The maximum Gasteiger partial charge on any atom is 0.338 e. The van der Waals surface area contributed by atoms with Gasteiger partial charge in [0.05, 0.1) is 25.3 Å². The highest BCUT2D eigenvalue weighted by Gasteiger charge is 2.34. The molecule has 3 rings (SSSR count). The summed E-state index contributed by atoms with van der Waals surface area (Å²) in [7, 11) is 3.47. The third kappa shape index (κ3) is 5.27. The Balaban J connectivity index is 1.90.